The van der Waals surface area contributed by atoms with Gasteiger partial charge in [-0.1, -0.05) is 72.8 Å². The van der Waals surface area contributed by atoms with E-state index in [9.17, 15) is 39.6 Å². The van der Waals surface area contributed by atoms with E-state index in [0.717, 1.165) is 10.8 Å². The Morgan fingerprint density at radius 2 is 0.679 bits per heavy atom. The molecule has 6 N–H and O–H groups in total. The van der Waals surface area contributed by atoms with Gasteiger partial charge >= 0.3 is 23.9 Å². The topological polar surface area (TPSA) is 258 Å². The van der Waals surface area contributed by atoms with Gasteiger partial charge in [0.1, 0.15) is 22.6 Å². The number of hydrogen-bond donors (Lipinski definition) is 6. The van der Waals surface area contributed by atoms with E-state index in [-0.39, 0.29) is 54.1 Å². The summed E-state index contributed by atoms with van der Waals surface area (Å²) in [5.74, 6) is -7.17. The molecule has 0 spiro atoms. The van der Waals surface area contributed by atoms with E-state index in [1.54, 1.807) is 48.5 Å². The Labute approximate surface area is 306 Å². The summed E-state index contributed by atoms with van der Waals surface area (Å²) in [6.07, 6.45) is 0. The number of nitrogens with zero attached hydrogens (tertiary/aromatic N) is 6. The number of H-pyrrole nitrogens is 2. The van der Waals surface area contributed by atoms with Crippen molar-refractivity contribution in [3.63, 3.8) is 0 Å². The fraction of sp³-hybridized carbons (Fsp3) is 0. The van der Waals surface area contributed by atoms with Gasteiger partial charge < -0.3 is 30.4 Å². The number of nitrogens with one attached hydrogen (secondary N) is 2. The first-order valence-corrected chi connectivity index (χ1v) is 15.4. The van der Waals surface area contributed by atoms with E-state index < -0.39 is 56.9 Å². The summed E-state index contributed by atoms with van der Waals surface area (Å²) in [6.45, 7) is 0. The molecule has 0 aliphatic carbocycles. The van der Waals surface area contributed by atoms with E-state index in [1.807, 2.05) is 24.3 Å². The van der Waals surface area contributed by atoms with Gasteiger partial charge in [0.25, 0.3) is 0 Å². The molecule has 3 aromatic heterocycles. The van der Waals surface area contributed by atoms with Crippen LogP contribution in [-0.2, 0) is 19.5 Å². The molecule has 0 unspecified atom stereocenters. The standard InChI is InChI=1S/C36H18N8O8.Zn/c45-33(46)21-19-20(22(34(47)48)24(36(51)52)23(21)35(49)50)32-43-30-18-12-6-4-10-16(18)28(41-30)39-26-14-8-2-1-7-13(14)25(37-26)38-27-15-9-3-5-11-17(15)29(40-27)42-31(19)44-32;/h1-12H,(H,45,46)(H,47,48)(H,49,50)(H,51,52)(H2,37,38,39,40,41,42,43,44);. The number of fused-ring (bicyclic) bond motifs is 20. The SMILES string of the molecule is O=C(O)c1c(C(=O)O)c(C(=O)O)c2c3nc4nc(nc5[nH]c(nc6nc(nc([nH]3)c2c1C(=O)O)-c1ccccc1-6)c1ccccc51)-c1ccccc1-4.[Zn]. The molecule has 17 heteroatoms. The zero-order valence-electron chi connectivity index (χ0n) is 26.7. The minimum absolute atomic E-state index is 0. The number of aromatic amines is 2. The van der Waals surface area contributed by atoms with Crippen LogP contribution in [0.15, 0.2) is 72.8 Å². The van der Waals surface area contributed by atoms with Crippen LogP contribution in [-0.4, -0.2) is 84.2 Å². The summed E-state index contributed by atoms with van der Waals surface area (Å²) in [5.41, 5.74) is -2.31. The molecule has 0 saturated heterocycles. The second-order valence-electron chi connectivity index (χ2n) is 11.7. The Bertz CT molecular complexity index is 2810. The summed E-state index contributed by atoms with van der Waals surface area (Å²) in [5, 5.41) is 41.7. The molecule has 4 aromatic carbocycles. The van der Waals surface area contributed by atoms with Crippen LogP contribution in [0.2, 0.25) is 0 Å². The van der Waals surface area contributed by atoms with Crippen molar-refractivity contribution in [2.45, 2.75) is 0 Å². The molecule has 2 aliphatic rings. The van der Waals surface area contributed by atoms with Gasteiger partial charge in [-0.15, -0.1) is 0 Å². The summed E-state index contributed by atoms with van der Waals surface area (Å²) >= 11 is 0. The van der Waals surface area contributed by atoms with E-state index in [1.165, 1.54) is 0 Å². The zero-order valence-corrected chi connectivity index (χ0v) is 29.7. The van der Waals surface area contributed by atoms with E-state index in [4.69, 9.17) is 9.97 Å². The van der Waals surface area contributed by atoms with Crippen LogP contribution >= 0.6 is 0 Å². The molecule has 16 nitrogen and oxygen atoms in total. The van der Waals surface area contributed by atoms with Crippen molar-refractivity contribution in [3.8, 4) is 45.6 Å². The molecule has 5 heterocycles. The first-order valence-electron chi connectivity index (χ1n) is 15.4. The molecule has 2 aliphatic heterocycles. The van der Waals surface area contributed by atoms with Crippen LogP contribution in [0.4, 0.5) is 0 Å². The fourth-order valence-electron chi connectivity index (χ4n) is 6.76. The maximum absolute atomic E-state index is 12.9. The van der Waals surface area contributed by atoms with Crippen molar-refractivity contribution < 1.29 is 59.1 Å². The monoisotopic (exact) mass is 754 g/mol. The molecule has 0 fully saturated rings. The fourth-order valence-corrected chi connectivity index (χ4v) is 6.76. The number of rotatable bonds is 4. The molecule has 0 saturated carbocycles. The molecular formula is C36H18N8O8Zn. The number of carbonyl (C=O) groups is 4. The molecule has 9 rings (SSSR count). The van der Waals surface area contributed by atoms with Gasteiger partial charge in [0.15, 0.2) is 23.3 Å². The van der Waals surface area contributed by atoms with Crippen LogP contribution in [0.1, 0.15) is 41.4 Å². The largest absolute Gasteiger partial charge is 0.478 e. The molecule has 0 atom stereocenters. The molecule has 8 bridgehead atoms. The quantitative estimate of drug-likeness (QED) is 0.119. The normalized spacial score (nSPS) is 11.5. The van der Waals surface area contributed by atoms with Gasteiger partial charge in [0, 0.05) is 63.3 Å². The molecule has 0 amide bonds. The number of carboxylic acids is 4. The zero-order chi connectivity index (χ0) is 36.0. The van der Waals surface area contributed by atoms with Crippen molar-refractivity contribution in [1.29, 1.82) is 0 Å². The second-order valence-corrected chi connectivity index (χ2v) is 11.7. The number of aromatic carboxylic acids is 4. The van der Waals surface area contributed by atoms with Crippen molar-refractivity contribution in [2.75, 3.05) is 0 Å². The van der Waals surface area contributed by atoms with Crippen molar-refractivity contribution in [2.24, 2.45) is 0 Å². The van der Waals surface area contributed by atoms with Crippen LogP contribution in [0.25, 0.3) is 89.7 Å². The number of benzene rings is 4. The van der Waals surface area contributed by atoms with Gasteiger partial charge in [-0.3, -0.25) is 0 Å². The summed E-state index contributed by atoms with van der Waals surface area (Å²) in [7, 11) is 0. The Morgan fingerprint density at radius 1 is 0.396 bits per heavy atom. The third-order valence-corrected chi connectivity index (χ3v) is 8.85. The number of aromatic nitrogens is 8. The van der Waals surface area contributed by atoms with Crippen LogP contribution in [0.3, 0.4) is 0 Å². The van der Waals surface area contributed by atoms with Gasteiger partial charge in [0.2, 0.25) is 0 Å². The Morgan fingerprint density at radius 3 is 1.00 bits per heavy atom. The second kappa shape index (κ2) is 11.9. The van der Waals surface area contributed by atoms with E-state index >= 15 is 0 Å². The van der Waals surface area contributed by atoms with E-state index in [2.05, 4.69) is 29.9 Å². The first kappa shape index (κ1) is 32.9. The molecular weight excluding hydrogens is 738 g/mol. The maximum Gasteiger partial charge on any atom is 0.337 e. The van der Waals surface area contributed by atoms with Gasteiger partial charge in [-0.2, -0.15) is 0 Å². The first-order chi connectivity index (χ1) is 25.1. The van der Waals surface area contributed by atoms with E-state index in [0.29, 0.717) is 33.5 Å². The summed E-state index contributed by atoms with van der Waals surface area (Å²) in [4.78, 5) is 85.4. The Kier molecular flexibility index (Phi) is 7.40. The molecule has 0 radical (unpaired) electrons. The van der Waals surface area contributed by atoms with Crippen LogP contribution in [0, 0.1) is 0 Å². The minimum atomic E-state index is -1.98. The number of carboxylic acid groups (broad SMARTS) is 4. The summed E-state index contributed by atoms with van der Waals surface area (Å²) in [6, 6.07) is 21.3. The Hall–Kier alpha value is -7.26. The van der Waals surface area contributed by atoms with Gasteiger partial charge in [-0.05, 0) is 0 Å². The smallest absolute Gasteiger partial charge is 0.337 e. The molecule has 7 aromatic rings. The predicted octanol–water partition coefficient (Wildman–Crippen LogP) is 5.66. The predicted molar refractivity (Wildman–Crippen MR) is 184 cm³/mol. The molecule has 252 valence electrons. The number of hydrogen-bond acceptors (Lipinski definition) is 10. The van der Waals surface area contributed by atoms with Crippen molar-refractivity contribution in [1.82, 2.24) is 39.9 Å². The van der Waals surface area contributed by atoms with Crippen molar-refractivity contribution >= 4 is 68.0 Å². The average molecular weight is 756 g/mol. The van der Waals surface area contributed by atoms with Crippen LogP contribution < -0.4 is 0 Å². The Balaban J connectivity index is 0.00000400. The van der Waals surface area contributed by atoms with Crippen LogP contribution in [0.5, 0.6) is 0 Å². The van der Waals surface area contributed by atoms with Crippen molar-refractivity contribution in [3.05, 3.63) is 95.1 Å². The third kappa shape index (κ3) is 4.86. The third-order valence-electron chi connectivity index (χ3n) is 8.85. The molecule has 53 heavy (non-hydrogen) atoms. The summed E-state index contributed by atoms with van der Waals surface area (Å²) < 4.78 is 0. The van der Waals surface area contributed by atoms with Gasteiger partial charge in [0.05, 0.1) is 22.3 Å². The maximum atomic E-state index is 12.9. The average Bonchev–Trinajstić information content (AvgIpc) is 3.86. The van der Waals surface area contributed by atoms with Gasteiger partial charge in [-0.25, -0.2) is 49.1 Å². The minimum Gasteiger partial charge on any atom is -0.478 e.